The molecule has 0 saturated carbocycles. The standard InChI is InChI=1S/C13H10BrN3O4S/c14-12-6-5-11(22-12)7-15-16-13(18)8-21-10-3-1-9(2-4-10)17(19)20/h1-7H,8H2,(H,16,18). The molecular weight excluding hydrogens is 374 g/mol. The summed E-state index contributed by atoms with van der Waals surface area (Å²) >= 11 is 4.81. The number of carbonyl (C=O) groups is 1. The second-order valence-corrected chi connectivity index (χ2v) is 6.47. The summed E-state index contributed by atoms with van der Waals surface area (Å²) < 4.78 is 6.17. The molecule has 0 radical (unpaired) electrons. The number of non-ortho nitro benzene ring substituents is 1. The van der Waals surface area contributed by atoms with Crippen molar-refractivity contribution in [3.8, 4) is 5.75 Å². The number of nitrogens with zero attached hydrogens (tertiary/aromatic N) is 2. The summed E-state index contributed by atoms with van der Waals surface area (Å²) in [4.78, 5) is 22.4. The van der Waals surface area contributed by atoms with Gasteiger partial charge in [0, 0.05) is 17.0 Å². The second-order valence-electron chi connectivity index (χ2n) is 3.97. The summed E-state index contributed by atoms with van der Waals surface area (Å²) in [6, 6.07) is 9.21. The van der Waals surface area contributed by atoms with E-state index in [2.05, 4.69) is 26.5 Å². The maximum Gasteiger partial charge on any atom is 0.277 e. The first kappa shape index (κ1) is 16.1. The van der Waals surface area contributed by atoms with Gasteiger partial charge in [0.2, 0.25) is 0 Å². The zero-order chi connectivity index (χ0) is 15.9. The van der Waals surface area contributed by atoms with Crippen LogP contribution in [0.4, 0.5) is 5.69 Å². The van der Waals surface area contributed by atoms with Crippen molar-refractivity contribution in [2.45, 2.75) is 0 Å². The number of rotatable bonds is 6. The van der Waals surface area contributed by atoms with Gasteiger partial charge in [0.05, 0.1) is 14.9 Å². The van der Waals surface area contributed by atoms with Gasteiger partial charge in [0.25, 0.3) is 11.6 Å². The maximum atomic E-state index is 11.5. The number of ether oxygens (including phenoxy) is 1. The molecule has 1 aromatic heterocycles. The van der Waals surface area contributed by atoms with E-state index in [1.165, 1.54) is 41.8 Å². The molecule has 1 heterocycles. The average Bonchev–Trinajstić information content (AvgIpc) is 2.91. The summed E-state index contributed by atoms with van der Waals surface area (Å²) in [5, 5.41) is 14.3. The van der Waals surface area contributed by atoms with Crippen LogP contribution in [0, 0.1) is 10.1 Å². The third kappa shape index (κ3) is 4.93. The fraction of sp³-hybridized carbons (Fsp3) is 0.0769. The van der Waals surface area contributed by atoms with Gasteiger partial charge in [0.1, 0.15) is 5.75 Å². The molecule has 0 bridgehead atoms. The van der Waals surface area contributed by atoms with E-state index in [4.69, 9.17) is 4.74 Å². The van der Waals surface area contributed by atoms with Gasteiger partial charge in [-0.15, -0.1) is 11.3 Å². The minimum absolute atomic E-state index is 0.0384. The summed E-state index contributed by atoms with van der Waals surface area (Å²) in [5.41, 5.74) is 2.29. The molecule has 1 amide bonds. The van der Waals surface area contributed by atoms with Gasteiger partial charge in [0.15, 0.2) is 6.61 Å². The van der Waals surface area contributed by atoms with Crippen LogP contribution in [-0.2, 0) is 4.79 Å². The number of halogens is 1. The Morgan fingerprint density at radius 2 is 2.09 bits per heavy atom. The Balaban J connectivity index is 1.77. The maximum absolute atomic E-state index is 11.5. The Morgan fingerprint density at radius 3 is 2.68 bits per heavy atom. The normalized spacial score (nSPS) is 10.6. The number of carbonyl (C=O) groups excluding carboxylic acids is 1. The van der Waals surface area contributed by atoms with E-state index >= 15 is 0 Å². The lowest BCUT2D eigenvalue weighted by atomic mass is 10.3. The average molecular weight is 384 g/mol. The molecule has 22 heavy (non-hydrogen) atoms. The summed E-state index contributed by atoms with van der Waals surface area (Å²) in [5.74, 6) is -0.0582. The molecule has 0 atom stereocenters. The van der Waals surface area contributed by atoms with Gasteiger partial charge in [-0.05, 0) is 40.2 Å². The number of nitrogens with one attached hydrogen (secondary N) is 1. The highest BCUT2D eigenvalue weighted by Gasteiger charge is 2.06. The first-order valence-corrected chi connectivity index (χ1v) is 7.60. The fourth-order valence-electron chi connectivity index (χ4n) is 1.41. The highest BCUT2D eigenvalue weighted by atomic mass is 79.9. The number of nitro groups is 1. The Hall–Kier alpha value is -2.26. The lowest BCUT2D eigenvalue weighted by molar-refractivity contribution is -0.384. The lowest BCUT2D eigenvalue weighted by Crippen LogP contribution is -2.24. The minimum Gasteiger partial charge on any atom is -0.484 e. The Kier molecular flexibility index (Phi) is 5.61. The molecule has 0 aliphatic carbocycles. The molecular formula is C13H10BrN3O4S. The van der Waals surface area contributed by atoms with Crippen LogP contribution in [0.2, 0.25) is 0 Å². The number of benzene rings is 1. The highest BCUT2D eigenvalue weighted by Crippen LogP contribution is 2.20. The molecule has 0 saturated heterocycles. The monoisotopic (exact) mass is 383 g/mol. The SMILES string of the molecule is O=C(COc1ccc([N+](=O)[O-])cc1)NN=Cc1ccc(Br)s1. The minimum atomic E-state index is -0.506. The van der Waals surface area contributed by atoms with Crippen LogP contribution in [0.3, 0.4) is 0 Å². The fourth-order valence-corrected chi connectivity index (χ4v) is 2.71. The van der Waals surface area contributed by atoms with Crippen molar-refractivity contribution in [2.75, 3.05) is 6.61 Å². The van der Waals surface area contributed by atoms with Gasteiger partial charge in [-0.1, -0.05) is 0 Å². The van der Waals surface area contributed by atoms with Gasteiger partial charge >= 0.3 is 0 Å². The van der Waals surface area contributed by atoms with Crippen LogP contribution in [-0.4, -0.2) is 23.7 Å². The Bertz CT molecular complexity index is 700. The molecule has 7 nitrogen and oxygen atoms in total. The summed E-state index contributed by atoms with van der Waals surface area (Å²) in [7, 11) is 0. The van der Waals surface area contributed by atoms with Crippen molar-refractivity contribution in [3.63, 3.8) is 0 Å². The van der Waals surface area contributed by atoms with E-state index in [0.29, 0.717) is 5.75 Å². The van der Waals surface area contributed by atoms with Gasteiger partial charge in [-0.3, -0.25) is 14.9 Å². The van der Waals surface area contributed by atoms with E-state index in [9.17, 15) is 14.9 Å². The summed E-state index contributed by atoms with van der Waals surface area (Å²) in [6.45, 7) is -0.233. The number of thiophene rings is 1. The predicted molar refractivity (Wildman–Crippen MR) is 86.3 cm³/mol. The van der Waals surface area contributed by atoms with Crippen molar-refractivity contribution < 1.29 is 14.5 Å². The van der Waals surface area contributed by atoms with Crippen molar-refractivity contribution in [1.29, 1.82) is 0 Å². The van der Waals surface area contributed by atoms with Gasteiger partial charge in [-0.25, -0.2) is 5.43 Å². The van der Waals surface area contributed by atoms with Crippen LogP contribution in [0.25, 0.3) is 0 Å². The molecule has 9 heteroatoms. The van der Waals surface area contributed by atoms with E-state index in [1.54, 1.807) is 0 Å². The third-order valence-electron chi connectivity index (χ3n) is 2.39. The molecule has 114 valence electrons. The largest absolute Gasteiger partial charge is 0.484 e. The first-order valence-electron chi connectivity index (χ1n) is 5.99. The third-order valence-corrected chi connectivity index (χ3v) is 3.95. The molecule has 0 unspecified atom stereocenters. The zero-order valence-electron chi connectivity index (χ0n) is 11.1. The molecule has 2 rings (SSSR count). The van der Waals surface area contributed by atoms with Gasteiger partial charge in [-0.2, -0.15) is 5.10 Å². The number of nitro benzene ring substituents is 1. The quantitative estimate of drug-likeness (QED) is 0.471. The number of amides is 1. The van der Waals surface area contributed by atoms with E-state index < -0.39 is 10.8 Å². The smallest absolute Gasteiger partial charge is 0.277 e. The van der Waals surface area contributed by atoms with Crippen molar-refractivity contribution >= 4 is 45.1 Å². The molecule has 1 N–H and O–H groups in total. The lowest BCUT2D eigenvalue weighted by Gasteiger charge is -2.04. The highest BCUT2D eigenvalue weighted by molar-refractivity contribution is 9.11. The van der Waals surface area contributed by atoms with Crippen molar-refractivity contribution in [1.82, 2.24) is 5.43 Å². The van der Waals surface area contributed by atoms with Gasteiger partial charge < -0.3 is 4.74 Å². The first-order chi connectivity index (χ1) is 10.5. The molecule has 0 aliphatic rings. The van der Waals surface area contributed by atoms with Crippen LogP contribution in [0.1, 0.15) is 4.88 Å². The Labute approximate surface area is 137 Å². The molecule has 2 aromatic rings. The van der Waals surface area contributed by atoms with Crippen LogP contribution < -0.4 is 10.2 Å². The van der Waals surface area contributed by atoms with Crippen LogP contribution >= 0.6 is 27.3 Å². The number of hydrogen-bond donors (Lipinski definition) is 1. The number of hydrazone groups is 1. The molecule has 0 aliphatic heterocycles. The van der Waals surface area contributed by atoms with E-state index in [-0.39, 0.29) is 12.3 Å². The van der Waals surface area contributed by atoms with Crippen molar-refractivity contribution in [3.05, 3.63) is 55.2 Å². The topological polar surface area (TPSA) is 93.8 Å². The van der Waals surface area contributed by atoms with Crippen LogP contribution in [0.15, 0.2) is 45.3 Å². The summed E-state index contributed by atoms with van der Waals surface area (Å²) in [6.07, 6.45) is 1.53. The Morgan fingerprint density at radius 1 is 1.36 bits per heavy atom. The molecule has 0 fully saturated rings. The van der Waals surface area contributed by atoms with E-state index in [0.717, 1.165) is 8.66 Å². The molecule has 0 spiro atoms. The second kappa shape index (κ2) is 7.66. The van der Waals surface area contributed by atoms with Crippen molar-refractivity contribution in [2.24, 2.45) is 5.10 Å². The molecule has 1 aromatic carbocycles. The van der Waals surface area contributed by atoms with E-state index in [1.807, 2.05) is 12.1 Å². The predicted octanol–water partition coefficient (Wildman–Crippen LogP) is 2.95. The number of hydrogen-bond acceptors (Lipinski definition) is 6. The zero-order valence-corrected chi connectivity index (χ0v) is 13.5. The van der Waals surface area contributed by atoms with Crippen LogP contribution in [0.5, 0.6) is 5.75 Å².